The van der Waals surface area contributed by atoms with Gasteiger partial charge in [-0.25, -0.2) is 0 Å². The molecule has 0 radical (unpaired) electrons. The number of carbonyl (C=O) groups excluding carboxylic acids is 3. The summed E-state index contributed by atoms with van der Waals surface area (Å²) in [6.07, 6.45) is 4.20. The molecule has 1 N–H and O–H groups in total. The number of benzene rings is 2. The molecule has 0 spiro atoms. The smallest absolute Gasteiger partial charge is 0.220 e. The molecule has 0 bridgehead atoms. The van der Waals surface area contributed by atoms with Gasteiger partial charge in [-0.3, -0.25) is 14.4 Å². The maximum Gasteiger partial charge on any atom is 0.220 e. The van der Waals surface area contributed by atoms with Crippen LogP contribution in [-0.2, 0) is 11.2 Å². The summed E-state index contributed by atoms with van der Waals surface area (Å²) in [6.45, 7) is 10.6. The van der Waals surface area contributed by atoms with Crippen molar-refractivity contribution in [2.45, 2.75) is 79.1 Å². The van der Waals surface area contributed by atoms with Crippen molar-refractivity contribution in [1.29, 1.82) is 0 Å². The first-order valence-electron chi connectivity index (χ1n) is 12.1. The summed E-state index contributed by atoms with van der Waals surface area (Å²) in [4.78, 5) is 38.0. The number of carbonyl (C=O) groups is 3. The van der Waals surface area contributed by atoms with Crippen molar-refractivity contribution in [1.82, 2.24) is 5.32 Å². The van der Waals surface area contributed by atoms with E-state index in [0.717, 1.165) is 47.1 Å². The van der Waals surface area contributed by atoms with Crippen molar-refractivity contribution in [3.8, 4) is 0 Å². The molecule has 4 heteroatoms. The van der Waals surface area contributed by atoms with Crippen molar-refractivity contribution in [3.05, 3.63) is 69.8 Å². The van der Waals surface area contributed by atoms with Crippen LogP contribution in [0.2, 0.25) is 0 Å². The van der Waals surface area contributed by atoms with Crippen LogP contribution >= 0.6 is 0 Å². The van der Waals surface area contributed by atoms with Gasteiger partial charge in [0.2, 0.25) is 5.91 Å². The fourth-order valence-corrected chi connectivity index (χ4v) is 4.70. The van der Waals surface area contributed by atoms with Gasteiger partial charge in [0, 0.05) is 36.4 Å². The van der Waals surface area contributed by atoms with Crippen LogP contribution in [-0.4, -0.2) is 24.0 Å². The molecule has 0 fully saturated rings. The third-order valence-electron chi connectivity index (χ3n) is 6.34. The van der Waals surface area contributed by atoms with Gasteiger partial charge in [0.1, 0.15) is 0 Å². The molecule has 1 aliphatic rings. The fourth-order valence-electron chi connectivity index (χ4n) is 4.70. The molecule has 3 rings (SSSR count). The Bertz CT molecular complexity index is 1050. The van der Waals surface area contributed by atoms with Crippen LogP contribution in [0, 0.1) is 19.3 Å². The second-order valence-corrected chi connectivity index (χ2v) is 10.7. The SMILES string of the molecule is Cc1ccc(C(=O)C2CCCc3cc(C(=O)CCCNC(=O)CC(C)(C)C)ccc32)c(C)c1. The zero-order valence-corrected chi connectivity index (χ0v) is 20.7. The van der Waals surface area contributed by atoms with Crippen molar-refractivity contribution >= 4 is 17.5 Å². The quantitative estimate of drug-likeness (QED) is 0.391. The van der Waals surface area contributed by atoms with Crippen LogP contribution in [0.3, 0.4) is 0 Å². The molecule has 0 saturated heterocycles. The maximum atomic E-state index is 13.3. The van der Waals surface area contributed by atoms with E-state index >= 15 is 0 Å². The van der Waals surface area contributed by atoms with Crippen LogP contribution < -0.4 is 5.32 Å². The molecule has 0 aromatic heterocycles. The van der Waals surface area contributed by atoms with E-state index < -0.39 is 0 Å². The first-order valence-corrected chi connectivity index (χ1v) is 12.1. The predicted molar refractivity (Wildman–Crippen MR) is 133 cm³/mol. The molecule has 4 nitrogen and oxygen atoms in total. The van der Waals surface area contributed by atoms with E-state index in [-0.39, 0.29) is 28.8 Å². The first-order chi connectivity index (χ1) is 15.5. The lowest BCUT2D eigenvalue weighted by molar-refractivity contribution is -0.122. The predicted octanol–water partition coefficient (Wildman–Crippen LogP) is 6.12. The van der Waals surface area contributed by atoms with Gasteiger partial charge in [0.05, 0.1) is 0 Å². The summed E-state index contributed by atoms with van der Waals surface area (Å²) in [5.74, 6) is 0.157. The minimum atomic E-state index is -0.141. The van der Waals surface area contributed by atoms with Crippen molar-refractivity contribution in [2.24, 2.45) is 5.41 Å². The normalized spacial score (nSPS) is 15.6. The Morgan fingerprint density at radius 2 is 1.79 bits per heavy atom. The Kier molecular flexibility index (Phi) is 7.88. The lowest BCUT2D eigenvalue weighted by Crippen LogP contribution is -2.28. The van der Waals surface area contributed by atoms with Crippen molar-refractivity contribution < 1.29 is 14.4 Å². The maximum absolute atomic E-state index is 13.3. The third-order valence-corrected chi connectivity index (χ3v) is 6.34. The zero-order chi connectivity index (χ0) is 24.2. The van der Waals surface area contributed by atoms with Crippen LogP contribution in [0.1, 0.15) is 102 Å². The second-order valence-electron chi connectivity index (χ2n) is 10.7. The molecule has 0 aliphatic heterocycles. The molecule has 33 heavy (non-hydrogen) atoms. The standard InChI is InChI=1S/C29H37NO3/c1-19-11-13-23(20(2)16-19)28(33)25-9-6-8-21-17-22(12-14-24(21)25)26(31)10-7-15-30-27(32)18-29(3,4)5/h11-14,16-17,25H,6-10,15,18H2,1-5H3,(H,30,32). The van der Waals surface area contributed by atoms with Crippen LogP contribution in [0.5, 0.6) is 0 Å². The van der Waals surface area contributed by atoms with Crippen LogP contribution in [0.25, 0.3) is 0 Å². The van der Waals surface area contributed by atoms with Gasteiger partial charge < -0.3 is 5.32 Å². The van der Waals surface area contributed by atoms with Crippen LogP contribution in [0.15, 0.2) is 36.4 Å². The summed E-state index contributed by atoms with van der Waals surface area (Å²) >= 11 is 0. The molecule has 1 unspecified atom stereocenters. The average molecular weight is 448 g/mol. The second kappa shape index (κ2) is 10.5. The summed E-state index contributed by atoms with van der Waals surface area (Å²) in [7, 11) is 0. The number of nitrogens with one attached hydrogen (secondary N) is 1. The van der Waals surface area contributed by atoms with E-state index in [1.807, 2.05) is 65.0 Å². The van der Waals surface area contributed by atoms with Gasteiger partial charge in [-0.15, -0.1) is 0 Å². The minimum Gasteiger partial charge on any atom is -0.356 e. The Morgan fingerprint density at radius 1 is 1.03 bits per heavy atom. The van der Waals surface area contributed by atoms with Gasteiger partial charge in [-0.2, -0.15) is 0 Å². The summed E-state index contributed by atoms with van der Waals surface area (Å²) in [5, 5.41) is 2.91. The van der Waals surface area contributed by atoms with Gasteiger partial charge >= 0.3 is 0 Å². The van der Waals surface area contributed by atoms with Gasteiger partial charge in [0.15, 0.2) is 11.6 Å². The summed E-state index contributed by atoms with van der Waals surface area (Å²) in [5.41, 5.74) is 5.83. The third kappa shape index (κ3) is 6.63. The lowest BCUT2D eigenvalue weighted by Gasteiger charge is -2.25. The van der Waals surface area contributed by atoms with Gasteiger partial charge in [0.25, 0.3) is 0 Å². The highest BCUT2D eigenvalue weighted by molar-refractivity contribution is 6.03. The van der Waals surface area contributed by atoms with E-state index in [2.05, 4.69) is 11.4 Å². The minimum absolute atomic E-state index is 0.0308. The molecule has 2 aromatic rings. The monoisotopic (exact) mass is 447 g/mol. The number of rotatable bonds is 8. The first kappa shape index (κ1) is 24.9. The molecule has 2 aromatic carbocycles. The van der Waals surface area contributed by atoms with Gasteiger partial charge in [-0.1, -0.05) is 56.7 Å². The molecule has 0 heterocycles. The number of fused-ring (bicyclic) bond motifs is 1. The average Bonchev–Trinajstić information content (AvgIpc) is 2.74. The zero-order valence-electron chi connectivity index (χ0n) is 20.7. The molecule has 1 atom stereocenters. The summed E-state index contributed by atoms with van der Waals surface area (Å²) < 4.78 is 0. The highest BCUT2D eigenvalue weighted by Gasteiger charge is 2.28. The lowest BCUT2D eigenvalue weighted by atomic mass is 9.77. The highest BCUT2D eigenvalue weighted by atomic mass is 16.1. The molecular weight excluding hydrogens is 410 g/mol. The van der Waals surface area contributed by atoms with Crippen molar-refractivity contribution in [3.63, 3.8) is 0 Å². The Hall–Kier alpha value is -2.75. The number of hydrogen-bond donors (Lipinski definition) is 1. The molecular formula is C29H37NO3. The van der Waals surface area contributed by atoms with E-state index in [9.17, 15) is 14.4 Å². The number of ketones is 2. The van der Waals surface area contributed by atoms with Crippen molar-refractivity contribution in [2.75, 3.05) is 6.54 Å². The molecule has 176 valence electrons. The Balaban J connectivity index is 1.63. The highest BCUT2D eigenvalue weighted by Crippen LogP contribution is 2.35. The molecule has 0 saturated carbocycles. The van der Waals surface area contributed by atoms with Gasteiger partial charge in [-0.05, 0) is 67.7 Å². The number of Topliss-reactive ketones (excluding diaryl/α,β-unsaturated/α-hetero) is 2. The fraction of sp³-hybridized carbons (Fsp3) is 0.483. The van der Waals surface area contributed by atoms with E-state index in [0.29, 0.717) is 31.4 Å². The van der Waals surface area contributed by atoms with Crippen LogP contribution in [0.4, 0.5) is 0 Å². The number of aryl methyl sites for hydroxylation is 3. The topological polar surface area (TPSA) is 63.2 Å². The van der Waals surface area contributed by atoms with E-state index in [4.69, 9.17) is 0 Å². The Labute approximate surface area is 198 Å². The molecule has 1 amide bonds. The molecule has 1 aliphatic carbocycles. The Morgan fingerprint density at radius 3 is 2.48 bits per heavy atom. The van der Waals surface area contributed by atoms with E-state index in [1.165, 1.54) is 0 Å². The summed E-state index contributed by atoms with van der Waals surface area (Å²) in [6, 6.07) is 11.8. The largest absolute Gasteiger partial charge is 0.356 e. The number of amides is 1. The van der Waals surface area contributed by atoms with E-state index in [1.54, 1.807) is 0 Å². The number of hydrogen-bond acceptors (Lipinski definition) is 3.